The first-order valence-corrected chi connectivity index (χ1v) is 5.85. The van der Waals surface area contributed by atoms with Crippen LogP contribution in [0.2, 0.25) is 0 Å². The minimum absolute atomic E-state index is 0.00204. The summed E-state index contributed by atoms with van der Waals surface area (Å²) in [5.74, 6) is -0.124. The van der Waals surface area contributed by atoms with E-state index >= 15 is 0 Å². The molecule has 1 unspecified atom stereocenters. The fourth-order valence-electron chi connectivity index (χ4n) is 0.802. The molecule has 0 amide bonds. The second kappa shape index (κ2) is 8.55. The molecule has 0 spiro atoms. The number of rotatable bonds is 4. The summed E-state index contributed by atoms with van der Waals surface area (Å²) in [4.78, 5) is 3.85. The lowest BCUT2D eigenvalue weighted by molar-refractivity contribution is 0.381. The van der Waals surface area contributed by atoms with Crippen LogP contribution >= 0.6 is 0 Å². The minimum atomic E-state index is -4.67. The van der Waals surface area contributed by atoms with Gasteiger partial charge in [0, 0.05) is 0 Å². The highest BCUT2D eigenvalue weighted by Gasteiger charge is 2.04. The van der Waals surface area contributed by atoms with Gasteiger partial charge in [0.1, 0.15) is 6.17 Å². The monoisotopic (exact) mass is 270 g/mol. The van der Waals surface area contributed by atoms with Crippen LogP contribution in [0.3, 0.4) is 0 Å². The van der Waals surface area contributed by atoms with Gasteiger partial charge in [-0.1, -0.05) is 13.3 Å². The van der Waals surface area contributed by atoms with Crippen molar-refractivity contribution >= 4 is 22.3 Å². The van der Waals surface area contributed by atoms with Crippen molar-refractivity contribution in [1.29, 1.82) is 5.41 Å². The molecule has 0 heterocycles. The van der Waals surface area contributed by atoms with E-state index in [0.29, 0.717) is 0 Å². The van der Waals surface area contributed by atoms with E-state index in [4.69, 9.17) is 40.1 Å². The zero-order valence-electron chi connectivity index (χ0n) is 9.29. The molecule has 0 saturated heterocycles. The molecule has 102 valence electrons. The lowest BCUT2D eigenvalue weighted by Crippen LogP contribution is -2.40. The van der Waals surface area contributed by atoms with Crippen LogP contribution in [-0.2, 0) is 10.4 Å². The SMILES string of the molecule is CCCC(N=C(N)N)NC(=N)N.O=S(=O)(O)O. The summed E-state index contributed by atoms with van der Waals surface area (Å²) < 4.78 is 31.6. The van der Waals surface area contributed by atoms with Gasteiger partial charge >= 0.3 is 10.4 Å². The van der Waals surface area contributed by atoms with Crippen molar-refractivity contribution in [2.75, 3.05) is 0 Å². The van der Waals surface area contributed by atoms with Crippen LogP contribution in [-0.4, -0.2) is 35.6 Å². The quantitative estimate of drug-likeness (QED) is 0.176. The standard InChI is InChI=1S/C6H16N6.H2O4S/c1-2-3-4(11-5(7)8)12-6(9)10;1-5(2,3)4/h4H,2-3H2,1H3,(H4,7,8,11)(H4,9,10,12);(H2,1,2,3,4). The number of nitrogens with one attached hydrogen (secondary N) is 2. The topological polar surface area (TPSA) is 201 Å². The van der Waals surface area contributed by atoms with Gasteiger partial charge in [-0.2, -0.15) is 8.42 Å². The predicted molar refractivity (Wildman–Crippen MR) is 63.7 cm³/mol. The summed E-state index contributed by atoms with van der Waals surface area (Å²) in [6, 6.07) is 0. The maximum absolute atomic E-state index is 8.74. The molecule has 0 aliphatic rings. The highest BCUT2D eigenvalue weighted by Crippen LogP contribution is 1.96. The lowest BCUT2D eigenvalue weighted by atomic mass is 10.3. The van der Waals surface area contributed by atoms with Crippen molar-refractivity contribution in [3.8, 4) is 0 Å². The smallest absolute Gasteiger partial charge is 0.370 e. The number of hydrogen-bond donors (Lipinski definition) is 7. The molecule has 0 radical (unpaired) electrons. The van der Waals surface area contributed by atoms with E-state index in [1.807, 2.05) is 6.92 Å². The predicted octanol–water partition coefficient (Wildman–Crippen LogP) is -1.78. The van der Waals surface area contributed by atoms with E-state index in [1.54, 1.807) is 0 Å². The summed E-state index contributed by atoms with van der Waals surface area (Å²) >= 11 is 0. The number of nitrogens with two attached hydrogens (primary N) is 3. The molecular formula is C6H18N6O4S. The van der Waals surface area contributed by atoms with Crippen molar-refractivity contribution in [1.82, 2.24) is 5.32 Å². The van der Waals surface area contributed by atoms with E-state index in [1.165, 1.54) is 0 Å². The maximum Gasteiger partial charge on any atom is 0.394 e. The van der Waals surface area contributed by atoms with E-state index in [2.05, 4.69) is 10.3 Å². The van der Waals surface area contributed by atoms with Crippen LogP contribution in [0, 0.1) is 5.41 Å². The van der Waals surface area contributed by atoms with E-state index in [0.717, 1.165) is 12.8 Å². The van der Waals surface area contributed by atoms with Crippen molar-refractivity contribution in [3.05, 3.63) is 0 Å². The largest absolute Gasteiger partial charge is 0.394 e. The molecule has 0 saturated carbocycles. The first-order chi connectivity index (χ1) is 7.56. The highest BCUT2D eigenvalue weighted by atomic mass is 32.3. The number of guanidine groups is 2. The molecular weight excluding hydrogens is 252 g/mol. The van der Waals surface area contributed by atoms with Gasteiger partial charge in [-0.05, 0) is 6.42 Å². The molecule has 1 atom stereocenters. The van der Waals surface area contributed by atoms with Crippen molar-refractivity contribution in [3.63, 3.8) is 0 Å². The average molecular weight is 270 g/mol. The second-order valence-electron chi connectivity index (χ2n) is 2.86. The molecule has 11 heteroatoms. The molecule has 0 aliphatic heterocycles. The summed E-state index contributed by atoms with van der Waals surface area (Å²) in [5, 5.41) is 9.59. The van der Waals surface area contributed by atoms with Gasteiger partial charge in [-0.15, -0.1) is 0 Å². The Kier molecular flexibility index (Phi) is 8.95. The Morgan fingerprint density at radius 2 is 1.82 bits per heavy atom. The molecule has 0 aromatic rings. The molecule has 10 N–H and O–H groups in total. The zero-order valence-corrected chi connectivity index (χ0v) is 10.1. The van der Waals surface area contributed by atoms with Crippen LogP contribution in [0.5, 0.6) is 0 Å². The first-order valence-electron chi connectivity index (χ1n) is 4.45. The molecule has 17 heavy (non-hydrogen) atoms. The van der Waals surface area contributed by atoms with Gasteiger partial charge in [0.2, 0.25) is 0 Å². The third-order valence-corrected chi connectivity index (χ3v) is 1.19. The molecule has 0 aromatic carbocycles. The van der Waals surface area contributed by atoms with Crippen LogP contribution in [0.1, 0.15) is 19.8 Å². The van der Waals surface area contributed by atoms with Crippen LogP contribution in [0.15, 0.2) is 4.99 Å². The Bertz CT molecular complexity index is 342. The normalized spacial score (nSPS) is 11.7. The fourth-order valence-corrected chi connectivity index (χ4v) is 0.802. The molecule has 0 fully saturated rings. The van der Waals surface area contributed by atoms with Gasteiger partial charge in [-0.25, -0.2) is 4.99 Å². The average Bonchev–Trinajstić information content (AvgIpc) is 1.97. The maximum atomic E-state index is 8.74. The molecule has 10 nitrogen and oxygen atoms in total. The van der Waals surface area contributed by atoms with Gasteiger partial charge < -0.3 is 22.5 Å². The Hall–Kier alpha value is -1.59. The van der Waals surface area contributed by atoms with Crippen molar-refractivity contribution in [2.45, 2.75) is 25.9 Å². The summed E-state index contributed by atoms with van der Waals surface area (Å²) in [6.07, 6.45) is 1.39. The Labute approximate surface area is 99.4 Å². The van der Waals surface area contributed by atoms with Gasteiger partial charge in [0.05, 0.1) is 0 Å². The minimum Gasteiger partial charge on any atom is -0.370 e. The van der Waals surface area contributed by atoms with E-state index in [-0.39, 0.29) is 18.1 Å². The lowest BCUT2D eigenvalue weighted by Gasteiger charge is -2.13. The van der Waals surface area contributed by atoms with Crippen molar-refractivity contribution in [2.24, 2.45) is 22.2 Å². The van der Waals surface area contributed by atoms with Crippen molar-refractivity contribution < 1.29 is 17.5 Å². The summed E-state index contributed by atoms with van der Waals surface area (Å²) in [6.45, 7) is 2.00. The fraction of sp³-hybridized carbons (Fsp3) is 0.667. The zero-order chi connectivity index (χ0) is 14.1. The second-order valence-corrected chi connectivity index (χ2v) is 3.76. The number of nitrogens with zero attached hydrogens (tertiary/aromatic N) is 1. The first kappa shape index (κ1) is 17.8. The van der Waals surface area contributed by atoms with E-state index in [9.17, 15) is 0 Å². The van der Waals surface area contributed by atoms with Crippen LogP contribution < -0.4 is 22.5 Å². The summed E-state index contributed by atoms with van der Waals surface area (Å²) in [7, 11) is -4.67. The molecule has 0 aromatic heterocycles. The molecule has 0 aliphatic carbocycles. The molecule has 0 bridgehead atoms. The summed E-state index contributed by atoms with van der Waals surface area (Å²) in [5.41, 5.74) is 15.5. The number of hydrogen-bond acceptors (Lipinski definition) is 4. The Morgan fingerprint density at radius 3 is 2.06 bits per heavy atom. The van der Waals surface area contributed by atoms with Crippen LogP contribution in [0.25, 0.3) is 0 Å². The van der Waals surface area contributed by atoms with Gasteiger partial charge in [0.25, 0.3) is 0 Å². The van der Waals surface area contributed by atoms with Gasteiger partial charge in [-0.3, -0.25) is 14.5 Å². The Balaban J connectivity index is 0. The third kappa shape index (κ3) is 25.1. The number of aliphatic imine (C=N–C) groups is 1. The Morgan fingerprint density at radius 1 is 1.41 bits per heavy atom. The van der Waals surface area contributed by atoms with Crippen LogP contribution in [0.4, 0.5) is 0 Å². The van der Waals surface area contributed by atoms with E-state index < -0.39 is 10.4 Å². The third-order valence-electron chi connectivity index (χ3n) is 1.19. The highest BCUT2D eigenvalue weighted by molar-refractivity contribution is 7.79. The van der Waals surface area contributed by atoms with Gasteiger partial charge in [0.15, 0.2) is 11.9 Å². The molecule has 0 rings (SSSR count).